The molecule has 0 unspecified atom stereocenters. The number of hydrogen-bond acceptors (Lipinski definition) is 4. The van der Waals surface area contributed by atoms with Crippen LogP contribution in [0.5, 0.6) is 0 Å². The van der Waals surface area contributed by atoms with Gasteiger partial charge >= 0.3 is 0 Å². The van der Waals surface area contributed by atoms with Gasteiger partial charge in [0.1, 0.15) is 5.82 Å². The largest absolute Gasteiger partial charge is 0.394 e. The third kappa shape index (κ3) is 5.70. The van der Waals surface area contributed by atoms with Crippen LogP contribution in [0.4, 0.5) is 4.39 Å². The van der Waals surface area contributed by atoms with Gasteiger partial charge < -0.3 is 15.9 Å². The fourth-order valence-electron chi connectivity index (χ4n) is 3.18. The zero-order valence-corrected chi connectivity index (χ0v) is 18.0. The van der Waals surface area contributed by atoms with Crippen LogP contribution in [0.1, 0.15) is 24.5 Å². The normalized spacial score (nSPS) is 11.6. The molecule has 0 amide bonds. The number of aliphatic hydroxyl groups is 2. The summed E-state index contributed by atoms with van der Waals surface area (Å²) < 4.78 is 14.8. The number of hydrogen-bond donors (Lipinski definition) is 3. The van der Waals surface area contributed by atoms with Gasteiger partial charge in [0.2, 0.25) is 0 Å². The van der Waals surface area contributed by atoms with E-state index in [1.165, 1.54) is 5.56 Å². The minimum Gasteiger partial charge on any atom is -0.394 e. The van der Waals surface area contributed by atoms with Crippen LogP contribution in [0.15, 0.2) is 76.5 Å². The van der Waals surface area contributed by atoms with Crippen molar-refractivity contribution in [1.82, 2.24) is 0 Å². The molecule has 0 aliphatic rings. The molecule has 0 aromatic heterocycles. The van der Waals surface area contributed by atoms with Crippen molar-refractivity contribution >= 4 is 11.8 Å². The summed E-state index contributed by atoms with van der Waals surface area (Å²) in [5.74, 6) is -0.250. The Bertz CT molecular complexity index is 954. The second kappa shape index (κ2) is 10.2. The molecule has 3 aromatic rings. The molecular formula is C25H28FNO2S. The summed E-state index contributed by atoms with van der Waals surface area (Å²) in [7, 11) is 0. The minimum atomic E-state index is -0.977. The zero-order valence-electron chi connectivity index (χ0n) is 17.1. The maximum atomic E-state index is 14.8. The fourth-order valence-corrected chi connectivity index (χ4v) is 4.02. The van der Waals surface area contributed by atoms with Gasteiger partial charge in [-0.05, 0) is 60.2 Å². The number of benzene rings is 3. The topological polar surface area (TPSA) is 66.5 Å². The Hall–Kier alpha value is -2.18. The van der Waals surface area contributed by atoms with E-state index in [4.69, 9.17) is 5.73 Å². The van der Waals surface area contributed by atoms with Gasteiger partial charge in [0.15, 0.2) is 0 Å². The van der Waals surface area contributed by atoms with Crippen molar-refractivity contribution in [1.29, 1.82) is 0 Å². The Morgan fingerprint density at radius 2 is 1.47 bits per heavy atom. The van der Waals surface area contributed by atoms with Gasteiger partial charge in [-0.25, -0.2) is 4.39 Å². The van der Waals surface area contributed by atoms with E-state index in [-0.39, 0.29) is 19.0 Å². The molecule has 3 nitrogen and oxygen atoms in total. The molecule has 0 fully saturated rings. The molecule has 0 radical (unpaired) electrons. The molecular weight excluding hydrogens is 397 g/mol. The van der Waals surface area contributed by atoms with Crippen molar-refractivity contribution in [3.63, 3.8) is 0 Å². The first-order chi connectivity index (χ1) is 14.5. The molecule has 4 N–H and O–H groups in total. The molecule has 3 rings (SSSR count). The third-order valence-electron chi connectivity index (χ3n) is 5.31. The molecule has 5 heteroatoms. The molecule has 0 aliphatic heterocycles. The Labute approximate surface area is 181 Å². The summed E-state index contributed by atoms with van der Waals surface area (Å²) in [4.78, 5) is 1.95. The molecule has 0 atom stereocenters. The minimum absolute atomic E-state index is 0.250. The fraction of sp³-hybridized carbons (Fsp3) is 0.280. The second-order valence-corrected chi connectivity index (χ2v) is 8.76. The van der Waals surface area contributed by atoms with E-state index in [0.717, 1.165) is 27.3 Å². The number of rotatable bonds is 9. The molecule has 3 aromatic carbocycles. The lowest BCUT2D eigenvalue weighted by atomic mass is 9.93. The predicted molar refractivity (Wildman–Crippen MR) is 121 cm³/mol. The summed E-state index contributed by atoms with van der Waals surface area (Å²) in [5.41, 5.74) is 8.62. The molecule has 0 bridgehead atoms. The standard InChI is InChI=1S/C25H28FNO2S/c1-2-18-5-9-21(10-6-18)30-22-11-12-23(24(26)15-22)20-7-3-19(4-8-20)13-14-25(27,16-28)17-29/h3-12,15,28-29H,2,13-14,16-17,27H2,1H3. The molecule has 0 aliphatic carbocycles. The van der Waals surface area contributed by atoms with Crippen molar-refractivity contribution < 1.29 is 14.6 Å². The van der Waals surface area contributed by atoms with E-state index in [1.54, 1.807) is 17.8 Å². The quantitative estimate of drug-likeness (QED) is 0.460. The predicted octanol–water partition coefficient (Wildman–Crippen LogP) is 4.82. The van der Waals surface area contributed by atoms with E-state index in [2.05, 4.69) is 31.2 Å². The SMILES string of the molecule is CCc1ccc(Sc2ccc(-c3ccc(CCC(N)(CO)CO)cc3)c(F)c2)cc1. The highest BCUT2D eigenvalue weighted by molar-refractivity contribution is 7.99. The van der Waals surface area contributed by atoms with Crippen LogP contribution >= 0.6 is 11.8 Å². The highest BCUT2D eigenvalue weighted by Crippen LogP contribution is 2.32. The smallest absolute Gasteiger partial charge is 0.132 e. The van der Waals surface area contributed by atoms with E-state index >= 15 is 0 Å². The number of aliphatic hydroxyl groups excluding tert-OH is 2. The average molecular weight is 426 g/mol. The van der Waals surface area contributed by atoms with Gasteiger partial charge in [-0.2, -0.15) is 0 Å². The van der Waals surface area contributed by atoms with Gasteiger partial charge in [0, 0.05) is 15.4 Å². The first kappa shape index (κ1) is 22.5. The average Bonchev–Trinajstić information content (AvgIpc) is 2.78. The van der Waals surface area contributed by atoms with E-state index in [0.29, 0.717) is 18.4 Å². The number of halogens is 1. The van der Waals surface area contributed by atoms with E-state index < -0.39 is 5.54 Å². The van der Waals surface area contributed by atoms with Crippen LogP contribution < -0.4 is 5.73 Å². The zero-order chi connectivity index (χ0) is 21.6. The molecule has 30 heavy (non-hydrogen) atoms. The summed E-state index contributed by atoms with van der Waals surface area (Å²) in [6, 6.07) is 21.3. The molecule has 158 valence electrons. The third-order valence-corrected chi connectivity index (χ3v) is 6.31. The monoisotopic (exact) mass is 425 g/mol. The van der Waals surface area contributed by atoms with Crippen LogP contribution in [-0.4, -0.2) is 29.0 Å². The second-order valence-electron chi connectivity index (χ2n) is 7.62. The van der Waals surface area contributed by atoms with Crippen LogP contribution in [0.2, 0.25) is 0 Å². The Morgan fingerprint density at radius 3 is 2.03 bits per heavy atom. The molecule has 0 saturated heterocycles. The maximum Gasteiger partial charge on any atom is 0.132 e. The van der Waals surface area contributed by atoms with Crippen LogP contribution in [0, 0.1) is 5.82 Å². The molecule has 0 heterocycles. The van der Waals surface area contributed by atoms with Gasteiger partial charge in [-0.15, -0.1) is 0 Å². The number of nitrogens with two attached hydrogens (primary N) is 1. The summed E-state index contributed by atoms with van der Waals surface area (Å²) >= 11 is 1.55. The van der Waals surface area contributed by atoms with Gasteiger partial charge in [-0.3, -0.25) is 0 Å². The first-order valence-electron chi connectivity index (χ1n) is 10.1. The van der Waals surface area contributed by atoms with Crippen LogP contribution in [0.25, 0.3) is 11.1 Å². The van der Waals surface area contributed by atoms with Gasteiger partial charge in [0.25, 0.3) is 0 Å². The van der Waals surface area contributed by atoms with Crippen LogP contribution in [0.3, 0.4) is 0 Å². The van der Waals surface area contributed by atoms with E-state index in [9.17, 15) is 14.6 Å². The van der Waals surface area contributed by atoms with Gasteiger partial charge in [0.05, 0.1) is 18.8 Å². The van der Waals surface area contributed by atoms with E-state index in [1.807, 2.05) is 36.4 Å². The summed E-state index contributed by atoms with van der Waals surface area (Å²) in [6.07, 6.45) is 2.11. The summed E-state index contributed by atoms with van der Waals surface area (Å²) in [6.45, 7) is 1.60. The maximum absolute atomic E-state index is 14.8. The Kier molecular flexibility index (Phi) is 7.67. The lowest BCUT2D eigenvalue weighted by molar-refractivity contribution is 0.115. The van der Waals surface area contributed by atoms with Crippen molar-refractivity contribution in [2.75, 3.05) is 13.2 Å². The van der Waals surface area contributed by atoms with Crippen molar-refractivity contribution in [3.8, 4) is 11.1 Å². The van der Waals surface area contributed by atoms with Gasteiger partial charge in [-0.1, -0.05) is 61.2 Å². The lowest BCUT2D eigenvalue weighted by Crippen LogP contribution is -2.47. The summed E-state index contributed by atoms with van der Waals surface area (Å²) in [5, 5.41) is 18.6. The Balaban J connectivity index is 1.68. The molecule has 0 spiro atoms. The molecule has 0 saturated carbocycles. The van der Waals surface area contributed by atoms with Crippen molar-refractivity contribution in [2.45, 2.75) is 41.5 Å². The van der Waals surface area contributed by atoms with Crippen molar-refractivity contribution in [3.05, 3.63) is 83.7 Å². The Morgan fingerprint density at radius 1 is 0.867 bits per heavy atom. The number of aryl methyl sites for hydroxylation is 2. The van der Waals surface area contributed by atoms with Crippen LogP contribution in [-0.2, 0) is 12.8 Å². The lowest BCUT2D eigenvalue weighted by Gasteiger charge is -2.24. The first-order valence-corrected chi connectivity index (χ1v) is 10.9. The van der Waals surface area contributed by atoms with Crippen molar-refractivity contribution in [2.24, 2.45) is 5.73 Å². The highest BCUT2D eigenvalue weighted by atomic mass is 32.2. The highest BCUT2D eigenvalue weighted by Gasteiger charge is 2.22.